The summed E-state index contributed by atoms with van der Waals surface area (Å²) in [5.41, 5.74) is 0.793. The minimum atomic E-state index is -0.364. The maximum Gasteiger partial charge on any atom is 0.229 e. The van der Waals surface area contributed by atoms with Crippen molar-refractivity contribution in [3.8, 4) is 0 Å². The monoisotopic (exact) mass is 264 g/mol. The Hall–Kier alpha value is -1.33. The van der Waals surface area contributed by atoms with Gasteiger partial charge in [0.05, 0.1) is 24.0 Å². The third-order valence-corrected chi connectivity index (χ3v) is 4.36. The summed E-state index contributed by atoms with van der Waals surface area (Å²) in [5.74, 6) is 0.117. The van der Waals surface area contributed by atoms with E-state index in [1.807, 2.05) is 6.07 Å². The van der Waals surface area contributed by atoms with Crippen LogP contribution >= 0.6 is 0 Å². The Morgan fingerprint density at radius 3 is 3.26 bits per heavy atom. The lowest BCUT2D eigenvalue weighted by Gasteiger charge is -2.42. The highest BCUT2D eigenvalue weighted by atomic mass is 16.5. The minimum absolute atomic E-state index is 0.0769. The average Bonchev–Trinajstić information content (AvgIpc) is 3.06. The van der Waals surface area contributed by atoms with E-state index in [-0.39, 0.29) is 17.4 Å². The molecule has 5 heteroatoms. The van der Waals surface area contributed by atoms with Gasteiger partial charge in [-0.05, 0) is 18.9 Å². The van der Waals surface area contributed by atoms with Gasteiger partial charge in [0.2, 0.25) is 5.91 Å². The van der Waals surface area contributed by atoms with Crippen LogP contribution in [0, 0.1) is 5.41 Å². The summed E-state index contributed by atoms with van der Waals surface area (Å²) in [6, 6.07) is 1.98. The molecule has 0 spiro atoms. The Balaban J connectivity index is 1.75. The lowest BCUT2D eigenvalue weighted by molar-refractivity contribution is -0.139. The summed E-state index contributed by atoms with van der Waals surface area (Å²) < 4.78 is 10.9. The van der Waals surface area contributed by atoms with Crippen LogP contribution in [0.1, 0.15) is 18.4 Å². The van der Waals surface area contributed by atoms with Crippen molar-refractivity contribution >= 4 is 5.91 Å². The van der Waals surface area contributed by atoms with Gasteiger partial charge in [-0.25, -0.2) is 0 Å². The van der Waals surface area contributed by atoms with Crippen LogP contribution in [0.2, 0.25) is 0 Å². The van der Waals surface area contributed by atoms with Crippen LogP contribution in [0.15, 0.2) is 23.0 Å². The number of ether oxygens (including phenoxy) is 1. The van der Waals surface area contributed by atoms with Crippen LogP contribution in [0.3, 0.4) is 0 Å². The van der Waals surface area contributed by atoms with Crippen LogP contribution in [-0.4, -0.2) is 43.7 Å². The zero-order valence-electron chi connectivity index (χ0n) is 11.2. The Labute approximate surface area is 112 Å². The Morgan fingerprint density at radius 2 is 2.53 bits per heavy atom. The minimum Gasteiger partial charge on any atom is -0.472 e. The molecule has 2 fully saturated rings. The van der Waals surface area contributed by atoms with Crippen LogP contribution in [-0.2, 0) is 16.1 Å². The second-order valence-electron chi connectivity index (χ2n) is 5.48. The molecule has 1 amide bonds. The molecule has 3 heterocycles. The third-order valence-electron chi connectivity index (χ3n) is 4.36. The Bertz CT molecular complexity index is 446. The first kappa shape index (κ1) is 12.7. The van der Waals surface area contributed by atoms with E-state index < -0.39 is 0 Å². The number of carbonyl (C=O) groups is 1. The SMILES string of the molecule is CNC(=O)[C@@]12CCO[C@@H]1CCN(Cc1ccoc1)C2. The molecule has 1 aromatic heterocycles. The van der Waals surface area contributed by atoms with E-state index in [4.69, 9.17) is 9.15 Å². The molecule has 0 aromatic carbocycles. The highest BCUT2D eigenvalue weighted by molar-refractivity contribution is 5.83. The molecule has 1 N–H and O–H groups in total. The summed E-state index contributed by atoms with van der Waals surface area (Å²) >= 11 is 0. The molecule has 2 saturated heterocycles. The number of piperidine rings is 1. The highest BCUT2D eigenvalue weighted by Crippen LogP contribution is 2.41. The number of nitrogens with one attached hydrogen (secondary N) is 1. The number of rotatable bonds is 3. The Morgan fingerprint density at radius 1 is 1.63 bits per heavy atom. The molecule has 2 atom stereocenters. The lowest BCUT2D eigenvalue weighted by Crippen LogP contribution is -2.56. The number of likely N-dealkylation sites (tertiary alicyclic amines) is 1. The topological polar surface area (TPSA) is 54.7 Å². The molecule has 0 unspecified atom stereocenters. The molecule has 19 heavy (non-hydrogen) atoms. The second kappa shape index (κ2) is 4.98. The number of hydrogen-bond acceptors (Lipinski definition) is 4. The van der Waals surface area contributed by atoms with E-state index in [0.29, 0.717) is 6.61 Å². The van der Waals surface area contributed by atoms with Crippen molar-refractivity contribution in [2.24, 2.45) is 5.41 Å². The van der Waals surface area contributed by atoms with Crippen molar-refractivity contribution in [1.82, 2.24) is 10.2 Å². The lowest BCUT2D eigenvalue weighted by atomic mass is 9.75. The molecule has 0 bridgehead atoms. The molecule has 1 aromatic rings. The second-order valence-corrected chi connectivity index (χ2v) is 5.48. The van der Waals surface area contributed by atoms with E-state index in [2.05, 4.69) is 10.2 Å². The van der Waals surface area contributed by atoms with Crippen molar-refractivity contribution in [2.45, 2.75) is 25.5 Å². The fraction of sp³-hybridized carbons (Fsp3) is 0.643. The predicted octanol–water partition coefficient (Wildman–Crippen LogP) is 1.01. The number of amides is 1. The number of hydrogen-bond donors (Lipinski definition) is 1. The molecule has 2 aliphatic heterocycles. The predicted molar refractivity (Wildman–Crippen MR) is 69.5 cm³/mol. The third kappa shape index (κ3) is 2.17. The normalized spacial score (nSPS) is 31.1. The first-order chi connectivity index (χ1) is 9.24. The summed E-state index contributed by atoms with van der Waals surface area (Å²) in [6.07, 6.45) is 5.27. The standard InChI is InChI=1S/C14H20N2O3/c1-15-13(17)14-4-7-19-12(14)2-5-16(10-14)8-11-3-6-18-9-11/h3,6,9,12H,2,4-5,7-8,10H2,1H3,(H,15,17)/t12-,14-/m1/s1. The maximum absolute atomic E-state index is 12.3. The zero-order valence-corrected chi connectivity index (χ0v) is 11.2. The van der Waals surface area contributed by atoms with E-state index in [1.165, 1.54) is 0 Å². The van der Waals surface area contributed by atoms with Crippen LogP contribution in [0.5, 0.6) is 0 Å². The molecule has 3 rings (SSSR count). The van der Waals surface area contributed by atoms with Crippen molar-refractivity contribution in [3.63, 3.8) is 0 Å². The number of fused-ring (bicyclic) bond motifs is 1. The molecule has 2 aliphatic rings. The maximum atomic E-state index is 12.3. The Kier molecular flexibility index (Phi) is 3.33. The van der Waals surface area contributed by atoms with Gasteiger partial charge in [0, 0.05) is 38.9 Å². The van der Waals surface area contributed by atoms with Gasteiger partial charge in [-0.2, -0.15) is 0 Å². The average molecular weight is 264 g/mol. The number of carbonyl (C=O) groups excluding carboxylic acids is 1. The van der Waals surface area contributed by atoms with Crippen LogP contribution in [0.4, 0.5) is 0 Å². The number of furan rings is 1. The fourth-order valence-electron chi connectivity index (χ4n) is 3.38. The van der Waals surface area contributed by atoms with Gasteiger partial charge in [-0.15, -0.1) is 0 Å². The van der Waals surface area contributed by atoms with Gasteiger partial charge < -0.3 is 14.5 Å². The molecular formula is C14H20N2O3. The smallest absolute Gasteiger partial charge is 0.229 e. The molecule has 5 nitrogen and oxygen atoms in total. The molecule has 0 radical (unpaired) electrons. The van der Waals surface area contributed by atoms with Gasteiger partial charge in [-0.1, -0.05) is 0 Å². The van der Waals surface area contributed by atoms with Gasteiger partial charge in [0.25, 0.3) is 0 Å². The van der Waals surface area contributed by atoms with E-state index in [0.717, 1.165) is 38.0 Å². The first-order valence-electron chi connectivity index (χ1n) is 6.82. The van der Waals surface area contributed by atoms with Crippen molar-refractivity contribution in [3.05, 3.63) is 24.2 Å². The van der Waals surface area contributed by atoms with Gasteiger partial charge in [0.15, 0.2) is 0 Å². The van der Waals surface area contributed by atoms with Crippen LogP contribution < -0.4 is 5.32 Å². The summed E-state index contributed by atoms with van der Waals surface area (Å²) in [5, 5.41) is 2.81. The zero-order chi connectivity index (χ0) is 13.3. The van der Waals surface area contributed by atoms with Crippen molar-refractivity contribution < 1.29 is 13.9 Å². The van der Waals surface area contributed by atoms with Crippen molar-refractivity contribution in [2.75, 3.05) is 26.7 Å². The van der Waals surface area contributed by atoms with Gasteiger partial charge >= 0.3 is 0 Å². The van der Waals surface area contributed by atoms with E-state index in [1.54, 1.807) is 19.6 Å². The molecule has 0 saturated carbocycles. The summed E-state index contributed by atoms with van der Waals surface area (Å²) in [4.78, 5) is 14.6. The van der Waals surface area contributed by atoms with Crippen molar-refractivity contribution in [1.29, 1.82) is 0 Å². The molecule has 104 valence electrons. The molecule has 0 aliphatic carbocycles. The highest BCUT2D eigenvalue weighted by Gasteiger charge is 2.52. The largest absolute Gasteiger partial charge is 0.472 e. The summed E-state index contributed by atoms with van der Waals surface area (Å²) in [6.45, 7) is 3.26. The van der Waals surface area contributed by atoms with Gasteiger partial charge in [-0.3, -0.25) is 9.69 Å². The fourth-order valence-corrected chi connectivity index (χ4v) is 3.38. The first-order valence-corrected chi connectivity index (χ1v) is 6.82. The summed E-state index contributed by atoms with van der Waals surface area (Å²) in [7, 11) is 1.71. The van der Waals surface area contributed by atoms with E-state index >= 15 is 0 Å². The van der Waals surface area contributed by atoms with Crippen LogP contribution in [0.25, 0.3) is 0 Å². The van der Waals surface area contributed by atoms with E-state index in [9.17, 15) is 4.79 Å². The number of nitrogens with zero attached hydrogens (tertiary/aromatic N) is 1. The molecular weight excluding hydrogens is 244 g/mol. The van der Waals surface area contributed by atoms with Gasteiger partial charge in [0.1, 0.15) is 0 Å². The quantitative estimate of drug-likeness (QED) is 0.885.